The molecule has 0 spiro atoms. The van der Waals surface area contributed by atoms with Gasteiger partial charge in [-0.05, 0) is 24.6 Å². The lowest BCUT2D eigenvalue weighted by Gasteiger charge is -2.13. The Morgan fingerprint density at radius 1 is 1.54 bits per heavy atom. The molecule has 0 saturated heterocycles. The van der Waals surface area contributed by atoms with Crippen molar-refractivity contribution in [1.82, 2.24) is 0 Å². The molecule has 1 atom stereocenters. The van der Waals surface area contributed by atoms with E-state index in [4.69, 9.17) is 22.1 Å². The lowest BCUT2D eigenvalue weighted by Crippen LogP contribution is -2.10. The summed E-state index contributed by atoms with van der Waals surface area (Å²) in [6.45, 7) is 1.84. The number of halogens is 1. The standard InChI is InChI=1S/C9H12ClNO2/c1-5-3-6(10)4-7(9(11)12)8(5)13-2/h3-4,9,12H,11H2,1-2H3. The third-order valence-electron chi connectivity index (χ3n) is 1.79. The SMILES string of the molecule is COc1c(C)cc(Cl)cc1C(N)O. The van der Waals surface area contributed by atoms with Crippen LogP contribution in [0.2, 0.25) is 5.02 Å². The molecule has 1 rings (SSSR count). The van der Waals surface area contributed by atoms with Crippen LogP contribution >= 0.6 is 11.6 Å². The Morgan fingerprint density at radius 2 is 2.15 bits per heavy atom. The van der Waals surface area contributed by atoms with Crippen LogP contribution in [0.25, 0.3) is 0 Å². The van der Waals surface area contributed by atoms with Crippen molar-refractivity contribution in [2.24, 2.45) is 5.73 Å². The van der Waals surface area contributed by atoms with Gasteiger partial charge in [-0.1, -0.05) is 11.6 Å². The zero-order valence-electron chi connectivity index (χ0n) is 7.54. The molecule has 3 nitrogen and oxygen atoms in total. The number of benzene rings is 1. The Hall–Kier alpha value is -0.770. The van der Waals surface area contributed by atoms with Gasteiger partial charge in [-0.25, -0.2) is 0 Å². The summed E-state index contributed by atoms with van der Waals surface area (Å²) in [4.78, 5) is 0. The average molecular weight is 202 g/mol. The Labute approximate surface area is 82.1 Å². The van der Waals surface area contributed by atoms with Crippen LogP contribution in [0.5, 0.6) is 5.75 Å². The molecule has 0 saturated carbocycles. The maximum Gasteiger partial charge on any atom is 0.132 e. The molecule has 0 radical (unpaired) electrons. The number of hydrogen-bond acceptors (Lipinski definition) is 3. The van der Waals surface area contributed by atoms with E-state index < -0.39 is 6.23 Å². The first-order valence-corrected chi connectivity index (χ1v) is 4.21. The van der Waals surface area contributed by atoms with Gasteiger partial charge in [-0.2, -0.15) is 0 Å². The average Bonchev–Trinajstić information content (AvgIpc) is 2.02. The zero-order chi connectivity index (χ0) is 10.0. The molecule has 4 heteroatoms. The Balaban J connectivity index is 3.29. The van der Waals surface area contributed by atoms with Gasteiger partial charge >= 0.3 is 0 Å². The number of aryl methyl sites for hydroxylation is 1. The molecule has 13 heavy (non-hydrogen) atoms. The first-order chi connectivity index (χ1) is 6.06. The van der Waals surface area contributed by atoms with Gasteiger partial charge in [-0.3, -0.25) is 0 Å². The number of rotatable bonds is 2. The summed E-state index contributed by atoms with van der Waals surface area (Å²) in [5.41, 5.74) is 6.71. The lowest BCUT2D eigenvalue weighted by molar-refractivity contribution is 0.181. The van der Waals surface area contributed by atoms with Crippen LogP contribution in [-0.2, 0) is 0 Å². The maximum absolute atomic E-state index is 9.22. The largest absolute Gasteiger partial charge is 0.496 e. The predicted molar refractivity (Wildman–Crippen MR) is 51.9 cm³/mol. The molecule has 0 aliphatic carbocycles. The minimum atomic E-state index is -1.06. The first-order valence-electron chi connectivity index (χ1n) is 3.84. The second-order valence-corrected chi connectivity index (χ2v) is 3.23. The van der Waals surface area contributed by atoms with E-state index in [2.05, 4.69) is 0 Å². The van der Waals surface area contributed by atoms with Crippen molar-refractivity contribution in [3.63, 3.8) is 0 Å². The third-order valence-corrected chi connectivity index (χ3v) is 2.01. The number of hydrogen-bond donors (Lipinski definition) is 2. The molecule has 1 unspecified atom stereocenters. The number of ether oxygens (including phenoxy) is 1. The molecule has 1 aromatic carbocycles. The normalized spacial score (nSPS) is 12.7. The second kappa shape index (κ2) is 3.96. The van der Waals surface area contributed by atoms with Crippen molar-refractivity contribution in [2.75, 3.05) is 7.11 Å². The van der Waals surface area contributed by atoms with Crippen molar-refractivity contribution < 1.29 is 9.84 Å². The highest BCUT2D eigenvalue weighted by Gasteiger charge is 2.12. The van der Waals surface area contributed by atoms with Crippen LogP contribution in [0.15, 0.2) is 12.1 Å². The van der Waals surface area contributed by atoms with E-state index in [1.807, 2.05) is 6.92 Å². The molecule has 1 aromatic rings. The topological polar surface area (TPSA) is 55.5 Å². The minimum Gasteiger partial charge on any atom is -0.496 e. The fourth-order valence-electron chi connectivity index (χ4n) is 1.25. The third kappa shape index (κ3) is 2.12. The van der Waals surface area contributed by atoms with Gasteiger partial charge in [0.25, 0.3) is 0 Å². The van der Waals surface area contributed by atoms with Gasteiger partial charge in [0.05, 0.1) is 7.11 Å². The number of aliphatic hydroxyl groups is 1. The Morgan fingerprint density at radius 3 is 2.62 bits per heavy atom. The van der Waals surface area contributed by atoms with E-state index in [-0.39, 0.29) is 0 Å². The summed E-state index contributed by atoms with van der Waals surface area (Å²) in [5.74, 6) is 0.583. The summed E-state index contributed by atoms with van der Waals surface area (Å²) in [7, 11) is 1.53. The van der Waals surface area contributed by atoms with Gasteiger partial charge in [0.2, 0.25) is 0 Å². The quantitative estimate of drug-likeness (QED) is 0.715. The van der Waals surface area contributed by atoms with E-state index >= 15 is 0 Å². The molecule has 0 amide bonds. The number of nitrogens with two attached hydrogens (primary N) is 1. The van der Waals surface area contributed by atoms with Crippen LogP contribution in [0.4, 0.5) is 0 Å². The van der Waals surface area contributed by atoms with E-state index in [1.54, 1.807) is 12.1 Å². The smallest absolute Gasteiger partial charge is 0.132 e. The Kier molecular flexibility index (Phi) is 3.14. The van der Waals surface area contributed by atoms with E-state index in [1.165, 1.54) is 7.11 Å². The van der Waals surface area contributed by atoms with E-state index in [9.17, 15) is 5.11 Å². The van der Waals surface area contributed by atoms with Gasteiger partial charge < -0.3 is 15.6 Å². The number of aliphatic hydroxyl groups excluding tert-OH is 1. The van der Waals surface area contributed by atoms with Gasteiger partial charge in [-0.15, -0.1) is 0 Å². The van der Waals surface area contributed by atoms with Crippen LogP contribution < -0.4 is 10.5 Å². The van der Waals surface area contributed by atoms with Crippen molar-refractivity contribution in [2.45, 2.75) is 13.2 Å². The van der Waals surface area contributed by atoms with Gasteiger partial charge in [0, 0.05) is 10.6 Å². The second-order valence-electron chi connectivity index (χ2n) is 2.79. The maximum atomic E-state index is 9.22. The predicted octanol–water partition coefficient (Wildman–Crippen LogP) is 1.61. The summed E-state index contributed by atoms with van der Waals surface area (Å²) >= 11 is 5.80. The fourth-order valence-corrected chi connectivity index (χ4v) is 1.54. The summed E-state index contributed by atoms with van der Waals surface area (Å²) < 4.78 is 5.09. The summed E-state index contributed by atoms with van der Waals surface area (Å²) in [6.07, 6.45) is -1.06. The monoisotopic (exact) mass is 201 g/mol. The molecule has 0 aliphatic heterocycles. The molecular weight excluding hydrogens is 190 g/mol. The van der Waals surface area contributed by atoms with Crippen LogP contribution in [0.3, 0.4) is 0 Å². The highest BCUT2D eigenvalue weighted by Crippen LogP contribution is 2.30. The molecule has 0 heterocycles. The summed E-state index contributed by atoms with van der Waals surface area (Å²) in [5, 5.41) is 9.76. The molecule has 72 valence electrons. The highest BCUT2D eigenvalue weighted by molar-refractivity contribution is 6.30. The zero-order valence-corrected chi connectivity index (χ0v) is 8.30. The minimum absolute atomic E-state index is 0.507. The number of methoxy groups -OCH3 is 1. The molecule has 3 N–H and O–H groups in total. The first kappa shape index (κ1) is 10.3. The Bertz CT molecular complexity index is 313. The van der Waals surface area contributed by atoms with Crippen molar-refractivity contribution in [3.8, 4) is 5.75 Å². The molecule has 0 bridgehead atoms. The molecular formula is C9H12ClNO2. The van der Waals surface area contributed by atoms with Gasteiger partial charge in [0.1, 0.15) is 12.0 Å². The van der Waals surface area contributed by atoms with Crippen molar-refractivity contribution >= 4 is 11.6 Å². The van der Waals surface area contributed by atoms with Crippen molar-refractivity contribution in [3.05, 3.63) is 28.3 Å². The lowest BCUT2D eigenvalue weighted by atomic mass is 10.1. The van der Waals surface area contributed by atoms with Crippen molar-refractivity contribution in [1.29, 1.82) is 0 Å². The van der Waals surface area contributed by atoms with Crippen LogP contribution in [-0.4, -0.2) is 12.2 Å². The highest BCUT2D eigenvalue weighted by atomic mass is 35.5. The molecule has 0 aliphatic rings. The summed E-state index contributed by atoms with van der Waals surface area (Å²) in [6, 6.07) is 3.35. The fraction of sp³-hybridized carbons (Fsp3) is 0.333. The van der Waals surface area contributed by atoms with Crippen LogP contribution in [0, 0.1) is 6.92 Å². The van der Waals surface area contributed by atoms with E-state index in [0.29, 0.717) is 16.3 Å². The molecule has 0 aromatic heterocycles. The van der Waals surface area contributed by atoms with Gasteiger partial charge in [0.15, 0.2) is 0 Å². The van der Waals surface area contributed by atoms with E-state index in [0.717, 1.165) is 5.56 Å². The molecule has 0 fully saturated rings. The van der Waals surface area contributed by atoms with Crippen LogP contribution in [0.1, 0.15) is 17.4 Å².